The largest absolute Gasteiger partial charge is 2.00 e. The number of carboxylic acids is 1. The quantitative estimate of drug-likeness (QED) is 0.550. The molecule has 0 aliphatic carbocycles. The average molecular weight is 384 g/mol. The maximum atomic E-state index is 12.2. The van der Waals surface area contributed by atoms with Gasteiger partial charge in [-0.1, -0.05) is 25.1 Å². The molecule has 0 fully saturated rings. The van der Waals surface area contributed by atoms with Crippen molar-refractivity contribution in [3.05, 3.63) is 36.0 Å². The molecule has 26 heavy (non-hydrogen) atoms. The van der Waals surface area contributed by atoms with Crippen LogP contribution in [0.2, 0.25) is 0 Å². The molecule has 8 heteroatoms. The molecular formula is C18H22CaN3O4+. The molecule has 2 rings (SSSR count). The van der Waals surface area contributed by atoms with Gasteiger partial charge in [0.1, 0.15) is 6.04 Å². The first-order chi connectivity index (χ1) is 11.9. The Kier molecular flexibility index (Phi) is 9.12. The van der Waals surface area contributed by atoms with Gasteiger partial charge < -0.3 is 25.5 Å². The minimum absolute atomic E-state index is 0. The summed E-state index contributed by atoms with van der Waals surface area (Å²) in [4.78, 5) is 38.2. The summed E-state index contributed by atoms with van der Waals surface area (Å²) in [6.45, 7) is 3.37. The molecule has 0 radical (unpaired) electrons. The summed E-state index contributed by atoms with van der Waals surface area (Å²) < 4.78 is 0. The van der Waals surface area contributed by atoms with E-state index in [2.05, 4.69) is 15.6 Å². The first-order valence-corrected chi connectivity index (χ1v) is 8.28. The third-order valence-electron chi connectivity index (χ3n) is 3.95. The number of H-pyrrole nitrogens is 1. The number of benzene rings is 1. The van der Waals surface area contributed by atoms with E-state index in [-0.39, 0.29) is 50.1 Å². The summed E-state index contributed by atoms with van der Waals surface area (Å²) in [6.07, 6.45) is 2.80. The number of hydrogen-bond acceptors (Lipinski definition) is 4. The van der Waals surface area contributed by atoms with Crippen LogP contribution >= 0.6 is 0 Å². The van der Waals surface area contributed by atoms with Crippen LogP contribution in [-0.2, 0) is 20.8 Å². The van der Waals surface area contributed by atoms with Gasteiger partial charge in [0, 0.05) is 29.9 Å². The van der Waals surface area contributed by atoms with Crippen LogP contribution in [0.25, 0.3) is 10.9 Å². The topological polar surface area (TPSA) is 114 Å². The van der Waals surface area contributed by atoms with Crippen LogP contribution in [0.15, 0.2) is 30.5 Å². The smallest absolute Gasteiger partial charge is 0.548 e. The number of aliphatic carboxylic acids is 1. The maximum Gasteiger partial charge on any atom is 2.00 e. The summed E-state index contributed by atoms with van der Waals surface area (Å²) in [5.74, 6) is -2.17. The maximum absolute atomic E-state index is 12.2. The molecule has 1 heterocycles. The molecule has 0 spiro atoms. The number of hydrogen-bond donors (Lipinski definition) is 3. The van der Waals surface area contributed by atoms with Crippen molar-refractivity contribution >= 4 is 66.4 Å². The van der Waals surface area contributed by atoms with Crippen molar-refractivity contribution < 1.29 is 19.5 Å². The van der Waals surface area contributed by atoms with E-state index in [4.69, 9.17) is 0 Å². The van der Waals surface area contributed by atoms with Gasteiger partial charge in [0.2, 0.25) is 11.8 Å². The van der Waals surface area contributed by atoms with Crippen LogP contribution in [-0.4, -0.2) is 72.6 Å². The fraction of sp³-hybridized carbons (Fsp3) is 0.389. The van der Waals surface area contributed by atoms with Crippen LogP contribution in [0.3, 0.4) is 0 Å². The van der Waals surface area contributed by atoms with Crippen molar-refractivity contribution in [1.29, 1.82) is 0 Å². The van der Waals surface area contributed by atoms with Crippen LogP contribution in [0.4, 0.5) is 0 Å². The Morgan fingerprint density at radius 1 is 1.19 bits per heavy atom. The Bertz CT molecular complexity index is 775. The van der Waals surface area contributed by atoms with E-state index < -0.39 is 24.0 Å². The van der Waals surface area contributed by atoms with E-state index in [0.29, 0.717) is 12.8 Å². The van der Waals surface area contributed by atoms with E-state index in [1.54, 1.807) is 6.20 Å². The van der Waals surface area contributed by atoms with E-state index in [0.717, 1.165) is 16.5 Å². The number of carbonyl (C=O) groups excluding carboxylic acids is 3. The number of nitrogens with one attached hydrogen (secondary N) is 3. The fourth-order valence-electron chi connectivity index (χ4n) is 2.62. The predicted molar refractivity (Wildman–Crippen MR) is 97.2 cm³/mol. The normalized spacial score (nSPS) is 12.7. The minimum Gasteiger partial charge on any atom is -0.548 e. The van der Waals surface area contributed by atoms with Gasteiger partial charge in [0.25, 0.3) is 0 Å². The Morgan fingerprint density at radius 3 is 2.54 bits per heavy atom. The fourth-order valence-corrected chi connectivity index (χ4v) is 2.62. The molecule has 1 aromatic heterocycles. The molecule has 0 saturated carbocycles. The molecular weight excluding hydrogens is 362 g/mol. The van der Waals surface area contributed by atoms with Crippen molar-refractivity contribution in [3.63, 3.8) is 0 Å². The molecule has 2 amide bonds. The third kappa shape index (κ3) is 6.00. The number of aromatic amines is 1. The number of fused-ring (bicyclic) bond motifs is 1. The number of rotatable bonds is 8. The van der Waals surface area contributed by atoms with Crippen LogP contribution in [0, 0.1) is 0 Å². The van der Waals surface area contributed by atoms with Crippen LogP contribution in [0.1, 0.15) is 32.3 Å². The molecule has 1 aromatic carbocycles. The average Bonchev–Trinajstić information content (AvgIpc) is 2.97. The Hall–Kier alpha value is -1.57. The molecule has 134 valence electrons. The van der Waals surface area contributed by atoms with Gasteiger partial charge in [-0.15, -0.1) is 0 Å². The Morgan fingerprint density at radius 2 is 1.88 bits per heavy atom. The van der Waals surface area contributed by atoms with E-state index in [1.165, 1.54) is 6.92 Å². The van der Waals surface area contributed by atoms with Crippen molar-refractivity contribution in [2.24, 2.45) is 0 Å². The summed E-state index contributed by atoms with van der Waals surface area (Å²) in [5.41, 5.74) is 1.66. The molecule has 0 aliphatic heterocycles. The molecule has 2 atom stereocenters. The molecule has 2 aromatic rings. The second-order valence-corrected chi connectivity index (χ2v) is 5.98. The second kappa shape index (κ2) is 10.5. The third-order valence-corrected chi connectivity index (χ3v) is 3.95. The molecule has 0 unspecified atom stereocenters. The molecule has 0 bridgehead atoms. The standard InChI is InChI=1S/C18H23N3O4.Ca/c1-3-6-16(22)20-11(2)17(23)21-15(18(24)25)9-12-10-19-14-8-5-4-7-13(12)14;/h4-5,7-8,10-11,15,19H,3,6,9H2,1-2H3,(H,20,22)(H,21,23)(H,24,25);/q;+2/p-1/t11-,15-;/m0./s1. The molecule has 3 N–H and O–H groups in total. The predicted octanol–water partition coefficient (Wildman–Crippen LogP) is -0.131. The summed E-state index contributed by atoms with van der Waals surface area (Å²) in [6, 6.07) is 5.50. The van der Waals surface area contributed by atoms with E-state index in [1.807, 2.05) is 31.2 Å². The summed E-state index contributed by atoms with van der Waals surface area (Å²) in [5, 5.41) is 17.3. The van der Waals surface area contributed by atoms with E-state index >= 15 is 0 Å². The molecule has 0 aliphatic rings. The van der Waals surface area contributed by atoms with Gasteiger partial charge in [-0.05, 0) is 25.0 Å². The minimum atomic E-state index is -1.37. The Labute approximate surface area is 181 Å². The van der Waals surface area contributed by atoms with Crippen LogP contribution < -0.4 is 15.7 Å². The van der Waals surface area contributed by atoms with Gasteiger partial charge in [0.15, 0.2) is 0 Å². The second-order valence-electron chi connectivity index (χ2n) is 5.98. The number of amides is 2. The van der Waals surface area contributed by atoms with Crippen LogP contribution in [0.5, 0.6) is 0 Å². The van der Waals surface area contributed by atoms with Crippen molar-refractivity contribution in [2.75, 3.05) is 0 Å². The SMILES string of the molecule is CCCC(=O)N[C@@H](C)C(=O)N[C@@H](Cc1c[nH]c2ccccc12)C(=O)[O-].[Ca+2]. The number of carboxylic acid groups (broad SMARTS) is 1. The zero-order valence-electron chi connectivity index (χ0n) is 15.0. The van der Waals surface area contributed by atoms with Gasteiger partial charge in [-0.25, -0.2) is 0 Å². The molecule has 7 nitrogen and oxygen atoms in total. The van der Waals surface area contributed by atoms with Gasteiger partial charge in [-0.3, -0.25) is 9.59 Å². The van der Waals surface area contributed by atoms with Gasteiger partial charge in [-0.2, -0.15) is 0 Å². The zero-order chi connectivity index (χ0) is 18.4. The zero-order valence-corrected chi connectivity index (χ0v) is 17.2. The van der Waals surface area contributed by atoms with Gasteiger partial charge >= 0.3 is 37.7 Å². The summed E-state index contributed by atoms with van der Waals surface area (Å²) >= 11 is 0. The first-order valence-electron chi connectivity index (χ1n) is 8.28. The van der Waals surface area contributed by atoms with Crippen molar-refractivity contribution in [1.82, 2.24) is 15.6 Å². The monoisotopic (exact) mass is 384 g/mol. The van der Waals surface area contributed by atoms with Crippen molar-refractivity contribution in [3.8, 4) is 0 Å². The number of para-hydroxylation sites is 1. The first kappa shape index (κ1) is 22.5. The van der Waals surface area contributed by atoms with Crippen molar-refractivity contribution in [2.45, 2.75) is 45.2 Å². The summed E-state index contributed by atoms with van der Waals surface area (Å²) in [7, 11) is 0. The number of carbonyl (C=O) groups is 3. The Balaban J connectivity index is 0.00000338. The molecule has 0 saturated heterocycles. The van der Waals surface area contributed by atoms with E-state index in [9.17, 15) is 19.5 Å². The van der Waals surface area contributed by atoms with Gasteiger partial charge in [0.05, 0.1) is 12.0 Å². The number of aromatic nitrogens is 1.